The molecule has 5 fully saturated rings. The van der Waals surface area contributed by atoms with Gasteiger partial charge in [0.05, 0.1) is 17.2 Å². The summed E-state index contributed by atoms with van der Waals surface area (Å²) in [6, 6.07) is 12.2. The van der Waals surface area contributed by atoms with Crippen LogP contribution in [0.3, 0.4) is 0 Å². The lowest BCUT2D eigenvalue weighted by molar-refractivity contribution is -0.207. The molecule has 0 spiro atoms. The summed E-state index contributed by atoms with van der Waals surface area (Å²) in [6.07, 6.45) is 5.07. The normalized spacial score (nSPS) is 23.1. The van der Waals surface area contributed by atoms with Crippen molar-refractivity contribution in [3.63, 3.8) is 0 Å². The zero-order valence-corrected chi connectivity index (χ0v) is 37.4. The number of nitrogens with two attached hydrogens (primary N) is 1. The van der Waals surface area contributed by atoms with Gasteiger partial charge in [-0.1, -0.05) is 19.1 Å². The van der Waals surface area contributed by atoms with Gasteiger partial charge in [0, 0.05) is 77.1 Å². The number of amides is 7. The molecule has 3 N–H and O–H groups in total. The number of benzene rings is 2. The smallest absolute Gasteiger partial charge is 0.333 e. The van der Waals surface area contributed by atoms with Crippen molar-refractivity contribution in [2.24, 2.45) is 11.7 Å². The van der Waals surface area contributed by atoms with Crippen molar-refractivity contribution in [2.45, 2.75) is 82.7 Å². The van der Waals surface area contributed by atoms with Gasteiger partial charge < -0.3 is 40.4 Å². The maximum atomic E-state index is 13.7. The van der Waals surface area contributed by atoms with Gasteiger partial charge in [0.15, 0.2) is 11.5 Å². The van der Waals surface area contributed by atoms with Gasteiger partial charge in [-0.25, -0.2) is 9.59 Å². The quantitative estimate of drug-likeness (QED) is 0.235. The second-order valence-corrected chi connectivity index (χ2v) is 18.2. The van der Waals surface area contributed by atoms with E-state index < -0.39 is 41.5 Å². The summed E-state index contributed by atoms with van der Waals surface area (Å²) < 4.78 is 0. The van der Waals surface area contributed by atoms with Crippen LogP contribution in [0.2, 0.25) is 0 Å². The number of likely N-dealkylation sites (tertiary alicyclic amines) is 1. The third kappa shape index (κ3) is 8.84. The van der Waals surface area contributed by atoms with Gasteiger partial charge in [-0.15, -0.1) is 15.3 Å². The molecule has 66 heavy (non-hydrogen) atoms. The minimum absolute atomic E-state index is 0.0177. The molecule has 348 valence electrons. The first-order valence-corrected chi connectivity index (χ1v) is 23.1. The van der Waals surface area contributed by atoms with Crippen LogP contribution in [-0.4, -0.2) is 159 Å². The van der Waals surface area contributed by atoms with Crippen molar-refractivity contribution in [1.82, 2.24) is 39.8 Å². The Morgan fingerprint density at radius 2 is 1.61 bits per heavy atom. The van der Waals surface area contributed by atoms with Gasteiger partial charge >= 0.3 is 12.0 Å². The van der Waals surface area contributed by atoms with Crippen LogP contribution in [0.5, 0.6) is 0 Å². The number of piperidine rings is 3. The van der Waals surface area contributed by atoms with E-state index in [1.54, 1.807) is 24.0 Å². The lowest BCUT2D eigenvalue weighted by Gasteiger charge is -2.37. The van der Waals surface area contributed by atoms with Gasteiger partial charge in [0.1, 0.15) is 6.04 Å². The average molecular weight is 905 g/mol. The predicted octanol–water partition coefficient (Wildman–Crippen LogP) is 3.13. The summed E-state index contributed by atoms with van der Waals surface area (Å²) in [4.78, 5) is 111. The number of likely N-dealkylation sites (N-methyl/N-ethyl adjacent to an activating group) is 1. The maximum absolute atomic E-state index is 13.7. The third-order valence-corrected chi connectivity index (χ3v) is 13.9. The zero-order valence-electron chi connectivity index (χ0n) is 37.4. The Morgan fingerprint density at radius 3 is 2.33 bits per heavy atom. The Kier molecular flexibility index (Phi) is 12.6. The highest BCUT2D eigenvalue weighted by molar-refractivity contribution is 6.23. The first-order chi connectivity index (χ1) is 31.9. The summed E-state index contributed by atoms with van der Waals surface area (Å²) in [5.41, 5.74) is 8.87. The van der Waals surface area contributed by atoms with Crippen molar-refractivity contribution in [3.8, 4) is 0 Å². The number of nitrogens with zero attached hydrogens (tertiary/aromatic N) is 10. The summed E-state index contributed by atoms with van der Waals surface area (Å²) in [5.74, 6) is -2.83. The summed E-state index contributed by atoms with van der Waals surface area (Å²) in [5, 5.41) is 12.1. The lowest BCUT2D eigenvalue weighted by Crippen LogP contribution is -2.56. The van der Waals surface area contributed by atoms with Crippen LogP contribution in [0.15, 0.2) is 42.5 Å². The molecule has 3 aromatic rings. The Hall–Kier alpha value is -6.70. The van der Waals surface area contributed by atoms with Crippen LogP contribution >= 0.6 is 0 Å². The molecule has 3 atom stereocenters. The molecule has 20 nitrogen and oxygen atoms in total. The third-order valence-electron chi connectivity index (χ3n) is 13.9. The SMILES string of the molecule is CCCC(=O)ON1C(=O)CCC(N2C(=O)c3ccc(N4CCC(CN5CCC(c6ccc(Nc7nc(N8CCCC(N9CCN(C)C9=O)C8)nnc7C(N)=O)cc6)CC5)C4)cc3C2=O)C1=O. The van der Waals surface area contributed by atoms with Gasteiger partial charge in [-0.3, -0.25) is 28.9 Å². The zero-order chi connectivity index (χ0) is 46.2. The minimum atomic E-state index is -1.25. The number of urea groups is 1. The number of hydrogen-bond acceptors (Lipinski definition) is 15. The number of fused-ring (bicyclic) bond motifs is 1. The Morgan fingerprint density at radius 1 is 0.833 bits per heavy atom. The van der Waals surface area contributed by atoms with E-state index in [1.807, 2.05) is 35.0 Å². The monoisotopic (exact) mass is 904 g/mol. The van der Waals surface area contributed by atoms with Crippen molar-refractivity contribution < 1.29 is 38.4 Å². The number of imide groups is 2. The van der Waals surface area contributed by atoms with Gasteiger partial charge in [-0.2, -0.15) is 4.98 Å². The van der Waals surface area contributed by atoms with Crippen molar-refractivity contribution in [1.29, 1.82) is 0 Å². The van der Waals surface area contributed by atoms with E-state index in [2.05, 4.69) is 37.4 Å². The molecule has 0 radical (unpaired) electrons. The molecule has 20 heteroatoms. The number of hydrogen-bond donors (Lipinski definition) is 2. The molecule has 0 bridgehead atoms. The van der Waals surface area contributed by atoms with Crippen LogP contribution in [0, 0.1) is 5.92 Å². The molecule has 7 amide bonds. The number of rotatable bonds is 13. The van der Waals surface area contributed by atoms with Crippen LogP contribution in [-0.2, 0) is 19.2 Å². The van der Waals surface area contributed by atoms with Crippen molar-refractivity contribution in [2.75, 3.05) is 81.1 Å². The van der Waals surface area contributed by atoms with E-state index in [1.165, 1.54) is 5.56 Å². The summed E-state index contributed by atoms with van der Waals surface area (Å²) in [6.45, 7) is 8.92. The van der Waals surface area contributed by atoms with E-state index in [0.29, 0.717) is 55.4 Å². The molecule has 2 aromatic carbocycles. The topological polar surface area (TPSA) is 228 Å². The minimum Gasteiger partial charge on any atom is -0.371 e. The highest BCUT2D eigenvalue weighted by Gasteiger charge is 2.49. The van der Waals surface area contributed by atoms with Crippen molar-refractivity contribution >= 4 is 64.7 Å². The van der Waals surface area contributed by atoms with Crippen LogP contribution in [0.1, 0.15) is 107 Å². The fourth-order valence-electron chi connectivity index (χ4n) is 10.3. The molecule has 7 heterocycles. The predicted molar refractivity (Wildman–Crippen MR) is 240 cm³/mol. The highest BCUT2D eigenvalue weighted by Crippen LogP contribution is 2.35. The number of anilines is 4. The van der Waals surface area contributed by atoms with E-state index in [0.717, 1.165) is 81.1 Å². The van der Waals surface area contributed by atoms with Crippen LogP contribution < -0.4 is 20.9 Å². The maximum Gasteiger partial charge on any atom is 0.333 e. The summed E-state index contributed by atoms with van der Waals surface area (Å²) in [7, 11) is 1.81. The molecule has 0 saturated carbocycles. The fraction of sp³-hybridized carbons (Fsp3) is 0.522. The van der Waals surface area contributed by atoms with Gasteiger partial charge in [0.2, 0.25) is 5.95 Å². The van der Waals surface area contributed by atoms with Crippen molar-refractivity contribution in [3.05, 3.63) is 64.8 Å². The van der Waals surface area contributed by atoms with E-state index in [9.17, 15) is 33.6 Å². The first-order valence-electron chi connectivity index (χ1n) is 23.1. The molecule has 6 aliphatic rings. The molecular weight excluding hydrogens is 849 g/mol. The van der Waals surface area contributed by atoms with E-state index in [-0.39, 0.29) is 54.0 Å². The Labute approximate surface area is 382 Å². The Bertz CT molecular complexity index is 2430. The van der Waals surface area contributed by atoms with E-state index in [4.69, 9.17) is 15.6 Å². The van der Waals surface area contributed by atoms with Crippen LogP contribution in [0.4, 0.5) is 27.9 Å². The standard InChI is InChI=1S/C46H56N12O8/c1-3-5-38(60)66-58-37(59)14-13-36(44(58)64)57-42(62)34-12-11-32(24-35(34)43(57)63)54-21-15-28(26-54)25-53-19-16-30(17-20-53)29-7-9-31(10-8-29)48-41-39(40(47)61)50-51-45(49-41)55-18-4-6-33(27-55)56-23-22-52(2)46(56)65/h7-12,24,28,30,33,36H,3-6,13-23,25-27H2,1-2H3,(H2,47,61)(H,48,49,51). The number of carbonyl (C=O) groups excluding carboxylic acids is 7. The number of primary amides is 1. The second-order valence-electron chi connectivity index (χ2n) is 18.2. The van der Waals surface area contributed by atoms with Gasteiger partial charge in [0.25, 0.3) is 29.5 Å². The molecule has 1 aromatic heterocycles. The molecule has 3 unspecified atom stereocenters. The molecular formula is C46H56N12O8. The highest BCUT2D eigenvalue weighted by atomic mass is 16.7. The average Bonchev–Trinajstić information content (AvgIpc) is 4.00. The second kappa shape index (κ2) is 18.7. The number of hydroxylamine groups is 2. The van der Waals surface area contributed by atoms with E-state index >= 15 is 0 Å². The Balaban J connectivity index is 0.765. The molecule has 9 rings (SSSR count). The molecule has 6 aliphatic heterocycles. The van der Waals surface area contributed by atoms with Crippen LogP contribution in [0.25, 0.3) is 0 Å². The summed E-state index contributed by atoms with van der Waals surface area (Å²) >= 11 is 0. The number of nitrogens with one attached hydrogen (secondary N) is 1. The lowest BCUT2D eigenvalue weighted by atomic mass is 9.89. The number of aromatic nitrogens is 3. The first kappa shape index (κ1) is 44.5. The molecule has 0 aliphatic carbocycles. The largest absolute Gasteiger partial charge is 0.371 e. The van der Waals surface area contributed by atoms with Gasteiger partial charge in [-0.05, 0) is 106 Å². The molecule has 5 saturated heterocycles. The fourth-order valence-corrected chi connectivity index (χ4v) is 10.3. The number of carbonyl (C=O) groups is 7.